The Morgan fingerprint density at radius 3 is 2.32 bits per heavy atom. The predicted molar refractivity (Wildman–Crippen MR) is 126 cm³/mol. The van der Waals surface area contributed by atoms with Gasteiger partial charge in [0.1, 0.15) is 12.3 Å². The fourth-order valence-electron chi connectivity index (χ4n) is 3.27. The minimum absolute atomic E-state index is 0.210. The first-order valence-corrected chi connectivity index (χ1v) is 10.9. The van der Waals surface area contributed by atoms with Crippen molar-refractivity contribution in [3.05, 3.63) is 70.6 Å². The quantitative estimate of drug-likeness (QED) is 0.482. The molecule has 0 fully saturated rings. The van der Waals surface area contributed by atoms with Crippen molar-refractivity contribution in [2.75, 3.05) is 18.5 Å². The molecule has 9 heteroatoms. The first-order chi connectivity index (χ1) is 16.3. The predicted octanol–water partition coefficient (Wildman–Crippen LogP) is 3.15. The van der Waals surface area contributed by atoms with E-state index in [0.717, 1.165) is 0 Å². The zero-order chi connectivity index (χ0) is 24.7. The molecular formula is C25H26N2O7. The van der Waals surface area contributed by atoms with Crippen molar-refractivity contribution in [2.45, 2.75) is 33.4 Å². The molecule has 178 valence electrons. The molecule has 2 aromatic carbocycles. The molecule has 0 aliphatic heterocycles. The fourth-order valence-corrected chi connectivity index (χ4v) is 3.27. The molecule has 3 rings (SSSR count). The van der Waals surface area contributed by atoms with Crippen LogP contribution in [-0.4, -0.2) is 41.7 Å². The molecule has 1 heterocycles. The number of rotatable bonds is 9. The van der Waals surface area contributed by atoms with Crippen LogP contribution in [0.1, 0.15) is 31.1 Å². The van der Waals surface area contributed by atoms with E-state index < -0.39 is 23.9 Å². The maximum atomic E-state index is 13.0. The Hall–Kier alpha value is -4.14. The lowest BCUT2D eigenvalue weighted by molar-refractivity contribution is -0.150. The van der Waals surface area contributed by atoms with Crippen LogP contribution in [0.15, 0.2) is 59.5 Å². The van der Waals surface area contributed by atoms with Crippen LogP contribution in [0.25, 0.3) is 10.8 Å². The average Bonchev–Trinajstić information content (AvgIpc) is 2.82. The third kappa shape index (κ3) is 5.80. The van der Waals surface area contributed by atoms with Crippen molar-refractivity contribution < 1.29 is 28.6 Å². The van der Waals surface area contributed by atoms with E-state index in [4.69, 9.17) is 14.2 Å². The maximum absolute atomic E-state index is 13.0. The first kappa shape index (κ1) is 24.5. The van der Waals surface area contributed by atoms with Crippen LogP contribution in [0.4, 0.5) is 5.69 Å². The highest BCUT2D eigenvalue weighted by Gasteiger charge is 2.18. The highest BCUT2D eigenvalue weighted by molar-refractivity contribution is 5.93. The van der Waals surface area contributed by atoms with Crippen molar-refractivity contribution >= 4 is 34.3 Å². The van der Waals surface area contributed by atoms with Gasteiger partial charge in [0, 0.05) is 17.3 Å². The lowest BCUT2D eigenvalue weighted by Crippen LogP contribution is -2.28. The number of carbonyl (C=O) groups excluding carboxylic acids is 3. The number of aromatic nitrogens is 1. The van der Waals surface area contributed by atoms with Crippen LogP contribution in [0.2, 0.25) is 0 Å². The molecule has 0 spiro atoms. The van der Waals surface area contributed by atoms with E-state index in [9.17, 15) is 19.2 Å². The second kappa shape index (κ2) is 11.1. The molecule has 1 aromatic heterocycles. The number of fused-ring (bicyclic) bond motifs is 1. The van der Waals surface area contributed by atoms with E-state index >= 15 is 0 Å². The molecular weight excluding hydrogens is 440 g/mol. The zero-order valence-corrected chi connectivity index (χ0v) is 19.2. The van der Waals surface area contributed by atoms with Gasteiger partial charge in [-0.15, -0.1) is 0 Å². The topological polar surface area (TPSA) is 113 Å². The first-order valence-electron chi connectivity index (χ1n) is 10.9. The van der Waals surface area contributed by atoms with Gasteiger partial charge >= 0.3 is 11.9 Å². The summed E-state index contributed by atoms with van der Waals surface area (Å²) in [5.41, 5.74) is 0.482. The molecule has 0 saturated carbocycles. The molecule has 1 N–H and O–H groups in total. The molecule has 34 heavy (non-hydrogen) atoms. The molecule has 0 unspecified atom stereocenters. The lowest BCUT2D eigenvalue weighted by Gasteiger charge is -2.15. The second-order valence-corrected chi connectivity index (χ2v) is 7.32. The number of hydrogen-bond acceptors (Lipinski definition) is 7. The summed E-state index contributed by atoms with van der Waals surface area (Å²) in [7, 11) is 0. The van der Waals surface area contributed by atoms with Crippen molar-refractivity contribution in [1.29, 1.82) is 0 Å². The Bertz CT molecular complexity index is 1250. The molecule has 0 aliphatic rings. The van der Waals surface area contributed by atoms with E-state index in [1.165, 1.54) is 10.8 Å². The van der Waals surface area contributed by atoms with Crippen LogP contribution in [0, 0.1) is 0 Å². The fraction of sp³-hybridized carbons (Fsp3) is 0.280. The number of nitrogens with one attached hydrogen (secondary N) is 1. The normalized spacial score (nSPS) is 11.5. The van der Waals surface area contributed by atoms with Crippen LogP contribution in [0.5, 0.6) is 5.75 Å². The molecule has 0 radical (unpaired) electrons. The number of pyridine rings is 1. The summed E-state index contributed by atoms with van der Waals surface area (Å²) in [4.78, 5) is 49.1. The molecule has 1 amide bonds. The van der Waals surface area contributed by atoms with E-state index in [-0.39, 0.29) is 25.3 Å². The van der Waals surface area contributed by atoms with Gasteiger partial charge in [0.2, 0.25) is 5.91 Å². The number of anilines is 1. The number of esters is 2. The summed E-state index contributed by atoms with van der Waals surface area (Å²) in [5, 5.41) is 3.57. The minimum Gasteiger partial charge on any atom is -0.478 e. The summed E-state index contributed by atoms with van der Waals surface area (Å²) >= 11 is 0. The van der Waals surface area contributed by atoms with E-state index in [1.807, 2.05) is 0 Å². The highest BCUT2D eigenvalue weighted by atomic mass is 16.6. The van der Waals surface area contributed by atoms with Gasteiger partial charge in [0.05, 0.1) is 24.2 Å². The zero-order valence-electron chi connectivity index (χ0n) is 19.2. The number of hydrogen-bond donors (Lipinski definition) is 1. The van der Waals surface area contributed by atoms with Crippen molar-refractivity contribution in [3.8, 4) is 5.75 Å². The number of carbonyl (C=O) groups is 3. The van der Waals surface area contributed by atoms with Gasteiger partial charge in [-0.2, -0.15) is 0 Å². The maximum Gasteiger partial charge on any atom is 0.347 e. The molecule has 9 nitrogen and oxygen atoms in total. The van der Waals surface area contributed by atoms with Gasteiger partial charge < -0.3 is 24.1 Å². The standard InChI is InChI=1S/C25H26N2O7/c1-4-32-24(30)16(3)34-21-8-6-7-20-19(21)13-14-27(23(20)29)15-22(28)26-18-11-9-17(10-12-18)25(31)33-5-2/h6-14,16H,4-5,15H2,1-3H3,(H,26,28)/t16-/m0/s1. The minimum atomic E-state index is -0.839. The largest absolute Gasteiger partial charge is 0.478 e. The van der Waals surface area contributed by atoms with Gasteiger partial charge in [-0.25, -0.2) is 9.59 Å². The number of nitrogens with zero attached hydrogens (tertiary/aromatic N) is 1. The molecule has 0 aliphatic carbocycles. The summed E-state index contributed by atoms with van der Waals surface area (Å²) in [6.07, 6.45) is 0.657. The lowest BCUT2D eigenvalue weighted by atomic mass is 10.1. The molecule has 0 saturated heterocycles. The average molecular weight is 466 g/mol. The van der Waals surface area contributed by atoms with Gasteiger partial charge in [0.15, 0.2) is 6.10 Å². The molecule has 3 aromatic rings. The highest BCUT2D eigenvalue weighted by Crippen LogP contribution is 2.24. The van der Waals surface area contributed by atoms with Crippen LogP contribution >= 0.6 is 0 Å². The van der Waals surface area contributed by atoms with Crippen molar-refractivity contribution in [2.24, 2.45) is 0 Å². The van der Waals surface area contributed by atoms with E-state index in [0.29, 0.717) is 27.8 Å². The summed E-state index contributed by atoms with van der Waals surface area (Å²) < 4.78 is 16.9. The van der Waals surface area contributed by atoms with Gasteiger partial charge in [-0.1, -0.05) is 6.07 Å². The van der Waals surface area contributed by atoms with Crippen LogP contribution < -0.4 is 15.6 Å². The summed E-state index contributed by atoms with van der Waals surface area (Å²) in [6, 6.07) is 12.9. The Morgan fingerprint density at radius 1 is 0.941 bits per heavy atom. The van der Waals surface area contributed by atoms with Crippen molar-refractivity contribution in [3.63, 3.8) is 0 Å². The van der Waals surface area contributed by atoms with E-state index in [1.54, 1.807) is 69.3 Å². The Morgan fingerprint density at radius 2 is 1.65 bits per heavy atom. The number of amides is 1. The van der Waals surface area contributed by atoms with Crippen molar-refractivity contribution in [1.82, 2.24) is 4.57 Å². The monoisotopic (exact) mass is 466 g/mol. The Balaban J connectivity index is 1.73. The molecule has 1 atom stereocenters. The van der Waals surface area contributed by atoms with Gasteiger partial charge in [-0.3, -0.25) is 9.59 Å². The number of benzene rings is 2. The smallest absolute Gasteiger partial charge is 0.347 e. The summed E-state index contributed by atoms with van der Waals surface area (Å²) in [6.45, 7) is 5.30. The second-order valence-electron chi connectivity index (χ2n) is 7.32. The molecule has 0 bridgehead atoms. The Kier molecular flexibility index (Phi) is 8.02. The number of ether oxygens (including phenoxy) is 3. The Labute approximate surface area is 196 Å². The third-order valence-corrected chi connectivity index (χ3v) is 4.89. The van der Waals surface area contributed by atoms with Crippen LogP contribution in [0.3, 0.4) is 0 Å². The van der Waals surface area contributed by atoms with Crippen LogP contribution in [-0.2, 0) is 25.6 Å². The third-order valence-electron chi connectivity index (χ3n) is 4.89. The summed E-state index contributed by atoms with van der Waals surface area (Å²) in [5.74, 6) is -0.981. The van der Waals surface area contributed by atoms with Gasteiger partial charge in [0.25, 0.3) is 5.56 Å². The SMILES string of the molecule is CCOC(=O)c1ccc(NC(=O)Cn2ccc3c(O[C@@H](C)C(=O)OCC)cccc3c2=O)cc1. The van der Waals surface area contributed by atoms with Gasteiger partial charge in [-0.05, 0) is 63.2 Å². The van der Waals surface area contributed by atoms with E-state index in [2.05, 4.69) is 5.32 Å².